The number of aliphatic hydroxyl groups is 1. The zero-order valence-electron chi connectivity index (χ0n) is 12.1. The maximum Gasteiger partial charge on any atom is 0.128 e. The van der Waals surface area contributed by atoms with Crippen LogP contribution in [0.5, 0.6) is 5.75 Å². The fourth-order valence-electron chi connectivity index (χ4n) is 2.92. The van der Waals surface area contributed by atoms with Crippen molar-refractivity contribution in [2.75, 3.05) is 6.61 Å². The van der Waals surface area contributed by atoms with E-state index < -0.39 is 5.60 Å². The van der Waals surface area contributed by atoms with Gasteiger partial charge in [-0.05, 0) is 37.0 Å². The Labute approximate surface area is 124 Å². The van der Waals surface area contributed by atoms with Gasteiger partial charge in [-0.3, -0.25) is 0 Å². The van der Waals surface area contributed by atoms with Crippen LogP contribution in [0.15, 0.2) is 42.5 Å². The van der Waals surface area contributed by atoms with E-state index in [1.165, 1.54) is 6.07 Å². The molecule has 0 radical (unpaired) electrons. The fraction of sp³-hybridized carbons (Fsp3) is 0.333. The number of rotatable bonds is 3. The number of hydrogen-bond donors (Lipinski definition) is 1. The largest absolute Gasteiger partial charge is 0.493 e. The normalized spacial score (nSPS) is 16.7. The van der Waals surface area contributed by atoms with Gasteiger partial charge in [0.15, 0.2) is 0 Å². The van der Waals surface area contributed by atoms with E-state index in [1.807, 2.05) is 18.2 Å². The molecule has 1 unspecified atom stereocenters. The van der Waals surface area contributed by atoms with Gasteiger partial charge in [-0.2, -0.15) is 0 Å². The molecule has 1 atom stereocenters. The molecule has 0 saturated carbocycles. The third-order valence-electron chi connectivity index (χ3n) is 4.01. The maximum atomic E-state index is 13.8. The first-order valence-electron chi connectivity index (χ1n) is 7.29. The lowest BCUT2D eigenvalue weighted by molar-refractivity contribution is 0.0526. The molecule has 2 aromatic rings. The molecule has 1 aliphatic rings. The smallest absolute Gasteiger partial charge is 0.128 e. The monoisotopic (exact) mass is 286 g/mol. The first-order valence-corrected chi connectivity index (χ1v) is 7.29. The summed E-state index contributed by atoms with van der Waals surface area (Å²) in [6.07, 6.45) is 2.17. The summed E-state index contributed by atoms with van der Waals surface area (Å²) < 4.78 is 19.6. The van der Waals surface area contributed by atoms with Gasteiger partial charge < -0.3 is 9.84 Å². The number of halogens is 1. The summed E-state index contributed by atoms with van der Waals surface area (Å²) >= 11 is 0. The molecule has 2 aromatic carbocycles. The van der Waals surface area contributed by atoms with Crippen LogP contribution in [-0.4, -0.2) is 11.7 Å². The molecule has 1 aliphatic heterocycles. The van der Waals surface area contributed by atoms with Gasteiger partial charge in [0, 0.05) is 12.0 Å². The average molecular weight is 286 g/mol. The van der Waals surface area contributed by atoms with E-state index in [1.54, 1.807) is 25.1 Å². The van der Waals surface area contributed by atoms with Crippen LogP contribution >= 0.6 is 0 Å². The first-order chi connectivity index (χ1) is 10.1. The maximum absolute atomic E-state index is 13.8. The van der Waals surface area contributed by atoms with E-state index in [4.69, 9.17) is 4.74 Å². The molecule has 3 rings (SSSR count). The van der Waals surface area contributed by atoms with E-state index >= 15 is 0 Å². The van der Waals surface area contributed by atoms with Crippen LogP contribution in [-0.2, 0) is 18.4 Å². The molecule has 0 aromatic heterocycles. The molecular formula is C18H19FO2. The predicted molar refractivity (Wildman–Crippen MR) is 79.9 cm³/mol. The third kappa shape index (κ3) is 2.79. The highest BCUT2D eigenvalue weighted by molar-refractivity contribution is 5.46. The average Bonchev–Trinajstić information content (AvgIpc) is 2.49. The van der Waals surface area contributed by atoms with E-state index in [0.29, 0.717) is 12.2 Å². The first kappa shape index (κ1) is 14.1. The Balaban J connectivity index is 1.97. The molecule has 0 spiro atoms. The Hall–Kier alpha value is -1.87. The molecule has 1 N–H and O–H groups in total. The summed E-state index contributed by atoms with van der Waals surface area (Å²) in [5.41, 5.74) is 1.21. The van der Waals surface area contributed by atoms with Gasteiger partial charge >= 0.3 is 0 Å². The van der Waals surface area contributed by atoms with Crippen molar-refractivity contribution in [2.24, 2.45) is 0 Å². The number of fused-ring (bicyclic) bond motifs is 1. The Bertz CT molecular complexity index is 649. The van der Waals surface area contributed by atoms with Crippen molar-refractivity contribution in [1.29, 1.82) is 0 Å². The van der Waals surface area contributed by atoms with E-state index in [0.717, 1.165) is 29.7 Å². The van der Waals surface area contributed by atoms with E-state index in [2.05, 4.69) is 0 Å². The zero-order chi connectivity index (χ0) is 14.9. The number of hydrogen-bond acceptors (Lipinski definition) is 2. The zero-order valence-corrected chi connectivity index (χ0v) is 12.1. The highest BCUT2D eigenvalue weighted by atomic mass is 19.1. The van der Waals surface area contributed by atoms with E-state index in [9.17, 15) is 9.50 Å². The second-order valence-corrected chi connectivity index (χ2v) is 5.79. The second-order valence-electron chi connectivity index (χ2n) is 5.79. The van der Waals surface area contributed by atoms with Crippen LogP contribution in [0.25, 0.3) is 0 Å². The van der Waals surface area contributed by atoms with Crippen LogP contribution in [0, 0.1) is 5.82 Å². The molecule has 3 heteroatoms. The van der Waals surface area contributed by atoms with Crippen molar-refractivity contribution < 1.29 is 14.2 Å². The topological polar surface area (TPSA) is 29.5 Å². The Morgan fingerprint density at radius 2 is 2.00 bits per heavy atom. The van der Waals surface area contributed by atoms with Gasteiger partial charge in [0.05, 0.1) is 12.2 Å². The Morgan fingerprint density at radius 1 is 1.19 bits per heavy atom. The summed E-state index contributed by atoms with van der Waals surface area (Å²) in [5, 5.41) is 10.9. The number of benzene rings is 2. The van der Waals surface area contributed by atoms with Crippen molar-refractivity contribution in [3.63, 3.8) is 0 Å². The molecular weight excluding hydrogens is 267 g/mol. The van der Waals surface area contributed by atoms with Crippen molar-refractivity contribution in [2.45, 2.75) is 31.8 Å². The minimum absolute atomic E-state index is 0.222. The minimum Gasteiger partial charge on any atom is -0.493 e. The van der Waals surface area contributed by atoms with Gasteiger partial charge in [0.2, 0.25) is 0 Å². The molecule has 0 bridgehead atoms. The molecule has 0 aliphatic carbocycles. The quantitative estimate of drug-likeness (QED) is 0.934. The minimum atomic E-state index is -1.16. The number of aryl methyl sites for hydroxylation is 1. The Kier molecular flexibility index (Phi) is 3.68. The van der Waals surface area contributed by atoms with Gasteiger partial charge in [-0.25, -0.2) is 4.39 Å². The van der Waals surface area contributed by atoms with Crippen LogP contribution in [0.3, 0.4) is 0 Å². The summed E-state index contributed by atoms with van der Waals surface area (Å²) in [6, 6.07) is 12.4. The molecule has 1 heterocycles. The highest BCUT2D eigenvalue weighted by Gasteiger charge is 2.30. The lowest BCUT2D eigenvalue weighted by Gasteiger charge is -2.29. The van der Waals surface area contributed by atoms with Crippen molar-refractivity contribution in [3.8, 4) is 5.75 Å². The Morgan fingerprint density at radius 3 is 2.81 bits per heavy atom. The lowest BCUT2D eigenvalue weighted by atomic mass is 9.86. The van der Waals surface area contributed by atoms with Gasteiger partial charge in [-0.15, -0.1) is 0 Å². The molecule has 2 nitrogen and oxygen atoms in total. The van der Waals surface area contributed by atoms with Crippen molar-refractivity contribution in [3.05, 3.63) is 65.0 Å². The SMILES string of the molecule is CC(O)(Cc1ccccc1F)c1cccc2c1OCCC2. The van der Waals surface area contributed by atoms with Gasteiger partial charge in [0.1, 0.15) is 11.6 Å². The van der Waals surface area contributed by atoms with Crippen LogP contribution < -0.4 is 4.74 Å². The fourth-order valence-corrected chi connectivity index (χ4v) is 2.92. The summed E-state index contributed by atoms with van der Waals surface area (Å²) in [7, 11) is 0. The molecule has 0 fully saturated rings. The standard InChI is InChI=1S/C18H19FO2/c1-18(20,12-14-6-2-3-10-16(14)19)15-9-4-7-13-8-5-11-21-17(13)15/h2-4,6-7,9-10,20H,5,8,11-12H2,1H3. The molecule has 0 saturated heterocycles. The molecule has 21 heavy (non-hydrogen) atoms. The highest BCUT2D eigenvalue weighted by Crippen LogP contribution is 2.37. The summed E-state index contributed by atoms with van der Waals surface area (Å²) in [5.74, 6) is 0.480. The predicted octanol–water partition coefficient (Wildman–Crippen LogP) is 3.60. The third-order valence-corrected chi connectivity index (χ3v) is 4.01. The number of para-hydroxylation sites is 1. The van der Waals surface area contributed by atoms with Crippen molar-refractivity contribution >= 4 is 0 Å². The van der Waals surface area contributed by atoms with E-state index in [-0.39, 0.29) is 12.2 Å². The number of ether oxygens (including phenoxy) is 1. The lowest BCUT2D eigenvalue weighted by Crippen LogP contribution is -2.27. The van der Waals surface area contributed by atoms with Crippen LogP contribution in [0.2, 0.25) is 0 Å². The van der Waals surface area contributed by atoms with Gasteiger partial charge in [-0.1, -0.05) is 36.4 Å². The summed E-state index contributed by atoms with van der Waals surface area (Å²) in [6.45, 7) is 2.38. The van der Waals surface area contributed by atoms with Crippen LogP contribution in [0.4, 0.5) is 4.39 Å². The second kappa shape index (κ2) is 5.49. The van der Waals surface area contributed by atoms with Crippen LogP contribution in [0.1, 0.15) is 30.0 Å². The van der Waals surface area contributed by atoms with Crippen molar-refractivity contribution in [1.82, 2.24) is 0 Å². The molecule has 0 amide bonds. The molecule has 110 valence electrons. The summed E-state index contributed by atoms with van der Waals surface area (Å²) in [4.78, 5) is 0. The van der Waals surface area contributed by atoms with Gasteiger partial charge in [0.25, 0.3) is 0 Å².